The van der Waals surface area contributed by atoms with E-state index in [1.54, 1.807) is 0 Å². The molecule has 0 bridgehead atoms. The maximum atomic E-state index is 13.8. The predicted octanol–water partition coefficient (Wildman–Crippen LogP) is 4.64. The van der Waals surface area contributed by atoms with Crippen LogP contribution < -0.4 is 16.0 Å². The first-order chi connectivity index (χ1) is 20.3. The quantitative estimate of drug-likeness (QED) is 0.169. The molecule has 1 heterocycles. The van der Waals surface area contributed by atoms with Gasteiger partial charge in [0.2, 0.25) is 16.9 Å². The molecule has 0 saturated heterocycles. The van der Waals surface area contributed by atoms with Gasteiger partial charge in [-0.1, -0.05) is 72.9 Å². The van der Waals surface area contributed by atoms with Crippen molar-refractivity contribution in [1.82, 2.24) is 20.8 Å². The molecule has 0 unspecified atom stereocenters. The Kier molecular flexibility index (Phi) is 11.2. The molecule has 0 radical (unpaired) electrons. The number of benzene rings is 3. The van der Waals surface area contributed by atoms with Gasteiger partial charge < -0.3 is 21.1 Å². The number of rotatable bonds is 14. The molecular weight excluding hydrogens is 560 g/mol. The molecule has 42 heavy (non-hydrogen) atoms. The minimum Gasteiger partial charge on any atom is -0.390 e. The zero-order chi connectivity index (χ0) is 29.9. The van der Waals surface area contributed by atoms with Crippen LogP contribution in [0, 0.1) is 11.6 Å². The Bertz CT molecular complexity index is 1460. The lowest BCUT2D eigenvalue weighted by Crippen LogP contribution is -2.48. The van der Waals surface area contributed by atoms with Gasteiger partial charge in [0.25, 0.3) is 0 Å². The molecule has 0 aliphatic rings. The first kappa shape index (κ1) is 30.9. The Morgan fingerprint density at radius 3 is 2.33 bits per heavy atom. The van der Waals surface area contributed by atoms with Crippen molar-refractivity contribution < 1.29 is 23.5 Å². The second-order valence-electron chi connectivity index (χ2n) is 9.85. The van der Waals surface area contributed by atoms with E-state index >= 15 is 0 Å². The highest BCUT2D eigenvalue weighted by Crippen LogP contribution is 2.26. The number of carbonyl (C=O) groups is 2. The van der Waals surface area contributed by atoms with Crippen molar-refractivity contribution in [3.05, 3.63) is 101 Å². The fourth-order valence-electron chi connectivity index (χ4n) is 4.39. The monoisotopic (exact) mass is 593 g/mol. The summed E-state index contributed by atoms with van der Waals surface area (Å²) < 4.78 is 27.7. The summed E-state index contributed by atoms with van der Waals surface area (Å²) in [4.78, 5) is 25.3. The molecule has 4 N–H and O–H groups in total. The van der Waals surface area contributed by atoms with E-state index in [0.29, 0.717) is 16.7 Å². The van der Waals surface area contributed by atoms with Gasteiger partial charge in [-0.3, -0.25) is 9.59 Å². The van der Waals surface area contributed by atoms with Crippen LogP contribution in [0.1, 0.15) is 36.5 Å². The second kappa shape index (κ2) is 15.2. The Labute approximate surface area is 247 Å². The first-order valence-corrected chi connectivity index (χ1v) is 14.5. The Morgan fingerprint density at radius 1 is 0.881 bits per heavy atom. The Hall–Kier alpha value is -4.06. The number of aliphatic hydroxyl groups is 1. The van der Waals surface area contributed by atoms with E-state index in [-0.39, 0.29) is 31.4 Å². The van der Waals surface area contributed by atoms with Gasteiger partial charge >= 0.3 is 0 Å². The molecule has 0 aliphatic carbocycles. The average Bonchev–Trinajstić information content (AvgIpc) is 3.44. The van der Waals surface area contributed by atoms with Gasteiger partial charge in [-0.2, -0.15) is 0 Å². The normalized spacial score (nSPS) is 12.5. The van der Waals surface area contributed by atoms with Crippen LogP contribution in [-0.4, -0.2) is 45.8 Å². The lowest BCUT2D eigenvalue weighted by Gasteiger charge is -2.25. The number of hydrogen-bond acceptors (Lipinski definition) is 7. The van der Waals surface area contributed by atoms with Crippen molar-refractivity contribution in [1.29, 1.82) is 0 Å². The van der Waals surface area contributed by atoms with E-state index < -0.39 is 35.6 Å². The van der Waals surface area contributed by atoms with E-state index in [1.165, 1.54) is 16.9 Å². The zero-order valence-electron chi connectivity index (χ0n) is 23.1. The molecular formula is C31H33F2N5O3S. The molecule has 4 rings (SSSR count). The summed E-state index contributed by atoms with van der Waals surface area (Å²) in [6.07, 6.45) is -0.457. The van der Waals surface area contributed by atoms with Gasteiger partial charge in [0.1, 0.15) is 16.6 Å². The Morgan fingerprint density at radius 2 is 1.60 bits per heavy atom. The summed E-state index contributed by atoms with van der Waals surface area (Å²) >= 11 is 1.22. The van der Waals surface area contributed by atoms with E-state index in [2.05, 4.69) is 39.1 Å². The van der Waals surface area contributed by atoms with Crippen molar-refractivity contribution in [3.8, 4) is 10.6 Å². The third-order valence-electron chi connectivity index (χ3n) is 6.54. The summed E-state index contributed by atoms with van der Waals surface area (Å²) in [5.41, 5.74) is 3.41. The second-order valence-corrected chi connectivity index (χ2v) is 10.8. The summed E-state index contributed by atoms with van der Waals surface area (Å²) in [5, 5.41) is 28.6. The summed E-state index contributed by atoms with van der Waals surface area (Å²) in [6.45, 7) is 2.69. The molecule has 0 aliphatic heterocycles. The van der Waals surface area contributed by atoms with Gasteiger partial charge in [-0.15, -0.1) is 10.2 Å². The molecule has 11 heteroatoms. The molecule has 0 fully saturated rings. The molecule has 0 spiro atoms. The van der Waals surface area contributed by atoms with E-state index in [1.807, 2.05) is 48.5 Å². The van der Waals surface area contributed by atoms with Gasteiger partial charge in [0, 0.05) is 37.6 Å². The maximum Gasteiger partial charge on any atom is 0.226 e. The van der Waals surface area contributed by atoms with Crippen molar-refractivity contribution in [2.24, 2.45) is 0 Å². The molecule has 1 aromatic heterocycles. The number of amides is 2. The highest BCUT2D eigenvalue weighted by molar-refractivity contribution is 7.18. The fraction of sp³-hybridized carbons (Fsp3) is 0.290. The van der Waals surface area contributed by atoms with Crippen molar-refractivity contribution in [2.45, 2.75) is 51.3 Å². The first-order valence-electron chi connectivity index (χ1n) is 13.7. The van der Waals surface area contributed by atoms with Crippen LogP contribution in [0.4, 0.5) is 13.9 Å². The third-order valence-corrected chi connectivity index (χ3v) is 7.43. The lowest BCUT2D eigenvalue weighted by atomic mass is 10.00. The number of carbonyl (C=O) groups excluding carboxylic acids is 2. The summed E-state index contributed by atoms with van der Waals surface area (Å²) in [7, 11) is 0. The number of halogens is 2. The van der Waals surface area contributed by atoms with E-state index in [4.69, 9.17) is 0 Å². The van der Waals surface area contributed by atoms with Crippen LogP contribution in [-0.2, 0) is 29.0 Å². The van der Waals surface area contributed by atoms with Crippen LogP contribution in [0.3, 0.4) is 0 Å². The van der Waals surface area contributed by atoms with Gasteiger partial charge in [0.15, 0.2) is 0 Å². The number of nitrogens with zero attached hydrogens (tertiary/aromatic N) is 2. The molecule has 3 aromatic carbocycles. The van der Waals surface area contributed by atoms with Crippen molar-refractivity contribution in [2.75, 3.05) is 11.9 Å². The number of aromatic nitrogens is 2. The number of hydrogen-bond donors (Lipinski definition) is 4. The third kappa shape index (κ3) is 9.51. The number of aryl methyl sites for hydroxylation is 1. The van der Waals surface area contributed by atoms with Crippen LogP contribution >= 0.6 is 11.3 Å². The highest BCUT2D eigenvalue weighted by Gasteiger charge is 2.23. The molecule has 2 amide bonds. The molecule has 220 valence electrons. The van der Waals surface area contributed by atoms with E-state index in [0.717, 1.165) is 35.7 Å². The van der Waals surface area contributed by atoms with Crippen LogP contribution in [0.15, 0.2) is 72.8 Å². The minimum absolute atomic E-state index is 0.00612. The molecule has 2 atom stereocenters. The largest absolute Gasteiger partial charge is 0.390 e. The number of aliphatic hydroxyl groups excluding tert-OH is 1. The molecule has 4 aromatic rings. The van der Waals surface area contributed by atoms with Crippen LogP contribution in [0.2, 0.25) is 0 Å². The van der Waals surface area contributed by atoms with Crippen LogP contribution in [0.5, 0.6) is 0 Å². The van der Waals surface area contributed by atoms with Gasteiger partial charge in [-0.25, -0.2) is 8.78 Å². The Balaban J connectivity index is 1.32. The van der Waals surface area contributed by atoms with Gasteiger partial charge in [-0.05, 0) is 41.7 Å². The standard InChI is InChI=1S/C31H33F2N5O3S/c1-2-20-7-6-8-21(13-20)18-34-19-27(39)26(16-22-14-24(32)17-25(33)15-22)35-28(40)11-12-29(41)36-31-38-37-30(42-31)23-9-4-3-5-10-23/h3-10,13-15,17,26-27,34,39H,2,11-12,16,18-19H2,1H3,(H,35,40)(H,36,38,41)/t26-,27+/m0/s1. The van der Waals surface area contributed by atoms with Crippen molar-refractivity contribution in [3.63, 3.8) is 0 Å². The SMILES string of the molecule is CCc1cccc(CNC[C@@H](O)[C@H](Cc2cc(F)cc(F)c2)NC(=O)CCC(=O)Nc2nnc(-c3ccccc3)s2)c1. The number of nitrogens with one attached hydrogen (secondary N) is 3. The van der Waals surface area contributed by atoms with Crippen LogP contribution in [0.25, 0.3) is 10.6 Å². The number of anilines is 1. The topological polar surface area (TPSA) is 116 Å². The predicted molar refractivity (Wildman–Crippen MR) is 159 cm³/mol. The van der Waals surface area contributed by atoms with Gasteiger partial charge in [0.05, 0.1) is 12.1 Å². The fourth-order valence-corrected chi connectivity index (χ4v) is 5.16. The molecule has 0 saturated carbocycles. The summed E-state index contributed by atoms with van der Waals surface area (Å²) in [5.74, 6) is -2.39. The van der Waals surface area contributed by atoms with Crippen molar-refractivity contribution >= 4 is 28.3 Å². The minimum atomic E-state index is -1.07. The summed E-state index contributed by atoms with van der Waals surface area (Å²) in [6, 6.07) is 19.7. The molecule has 8 nitrogen and oxygen atoms in total. The lowest BCUT2D eigenvalue weighted by molar-refractivity contribution is -0.125. The zero-order valence-corrected chi connectivity index (χ0v) is 24.0. The highest BCUT2D eigenvalue weighted by atomic mass is 32.1. The maximum absolute atomic E-state index is 13.8. The average molecular weight is 594 g/mol. The smallest absolute Gasteiger partial charge is 0.226 e. The van der Waals surface area contributed by atoms with E-state index in [9.17, 15) is 23.5 Å².